The van der Waals surface area contributed by atoms with Gasteiger partial charge in [0.25, 0.3) is 0 Å². The molecule has 0 amide bonds. The number of aliphatic hydroxyl groups is 1. The number of hydrogen-bond acceptors (Lipinski definition) is 15. The van der Waals surface area contributed by atoms with Crippen molar-refractivity contribution < 1.29 is 80.2 Å². The van der Waals surface area contributed by atoms with E-state index in [1.54, 1.807) is 0 Å². The number of phosphoric acid groups is 2. The van der Waals surface area contributed by atoms with Crippen LogP contribution in [0, 0.1) is 0 Å². The molecule has 0 aromatic rings. The van der Waals surface area contributed by atoms with Crippen molar-refractivity contribution in [3.05, 3.63) is 36.5 Å². The number of esters is 4. The van der Waals surface area contributed by atoms with E-state index < -0.39 is 97.5 Å². The van der Waals surface area contributed by atoms with E-state index in [1.165, 1.54) is 205 Å². The first-order valence-corrected chi connectivity index (χ1v) is 45.2. The number of aliphatic hydroxyl groups excluding tert-OH is 1. The second-order valence-corrected chi connectivity index (χ2v) is 31.7. The number of carbonyl (C=O) groups excluding carboxylic acids is 4. The predicted molar refractivity (Wildman–Crippen MR) is 418 cm³/mol. The van der Waals surface area contributed by atoms with Crippen molar-refractivity contribution in [2.75, 3.05) is 39.6 Å². The van der Waals surface area contributed by atoms with E-state index in [9.17, 15) is 43.2 Å². The summed E-state index contributed by atoms with van der Waals surface area (Å²) in [6, 6.07) is 0. The van der Waals surface area contributed by atoms with Crippen molar-refractivity contribution in [2.45, 2.75) is 431 Å². The molecule has 17 nitrogen and oxygen atoms in total. The molecule has 0 aliphatic carbocycles. The molecule has 102 heavy (non-hydrogen) atoms. The van der Waals surface area contributed by atoms with Gasteiger partial charge in [0.1, 0.15) is 19.3 Å². The van der Waals surface area contributed by atoms with Gasteiger partial charge >= 0.3 is 39.5 Å². The molecule has 5 atom stereocenters. The summed E-state index contributed by atoms with van der Waals surface area (Å²) < 4.78 is 68.8. The number of ether oxygens (including phenoxy) is 4. The lowest BCUT2D eigenvalue weighted by atomic mass is 10.0. The molecule has 0 saturated carbocycles. The van der Waals surface area contributed by atoms with Gasteiger partial charge in [-0.3, -0.25) is 37.3 Å². The molecule has 2 unspecified atom stereocenters. The first-order valence-electron chi connectivity index (χ1n) is 42.2. The predicted octanol–water partition coefficient (Wildman–Crippen LogP) is 24.7. The van der Waals surface area contributed by atoms with Crippen LogP contribution in [-0.4, -0.2) is 96.7 Å². The molecule has 0 aromatic heterocycles. The minimum atomic E-state index is -4.97. The van der Waals surface area contributed by atoms with Gasteiger partial charge in [0.15, 0.2) is 12.2 Å². The van der Waals surface area contributed by atoms with Gasteiger partial charge in [-0.15, -0.1) is 0 Å². The SMILES string of the molecule is CCCCC/C=C\C/C=C\CCCCCCCC(=O)OC[C@H](COP(=O)(O)OC[C@H](O)COP(=O)(O)OC[C@@H](COC(=O)CCCCCCCCCCCCCCCCCCC)OC(=O)CCCCCCC/C=C\CCCCCCCC)OC(=O)CCCCCCCCCCCCCCCCC. The lowest BCUT2D eigenvalue weighted by Crippen LogP contribution is -2.30. The van der Waals surface area contributed by atoms with Crippen LogP contribution in [0.15, 0.2) is 36.5 Å². The molecule has 19 heteroatoms. The highest BCUT2D eigenvalue weighted by molar-refractivity contribution is 7.47. The Morgan fingerprint density at radius 3 is 0.755 bits per heavy atom. The third-order valence-electron chi connectivity index (χ3n) is 18.6. The van der Waals surface area contributed by atoms with Crippen LogP contribution in [0.3, 0.4) is 0 Å². The molecule has 0 aliphatic rings. The van der Waals surface area contributed by atoms with E-state index in [-0.39, 0.29) is 25.7 Å². The minimum absolute atomic E-state index is 0.0931. The van der Waals surface area contributed by atoms with E-state index in [4.69, 9.17) is 37.0 Å². The second-order valence-electron chi connectivity index (χ2n) is 28.8. The third kappa shape index (κ3) is 75.5. The van der Waals surface area contributed by atoms with Crippen molar-refractivity contribution >= 4 is 39.5 Å². The van der Waals surface area contributed by atoms with Gasteiger partial charge in [-0.25, -0.2) is 9.13 Å². The van der Waals surface area contributed by atoms with Gasteiger partial charge < -0.3 is 33.8 Å². The average molecular weight is 1490 g/mol. The van der Waals surface area contributed by atoms with Crippen LogP contribution in [0.1, 0.15) is 413 Å². The van der Waals surface area contributed by atoms with Crippen LogP contribution < -0.4 is 0 Å². The van der Waals surface area contributed by atoms with Crippen LogP contribution in [0.4, 0.5) is 0 Å². The monoisotopic (exact) mass is 1490 g/mol. The van der Waals surface area contributed by atoms with E-state index in [0.717, 1.165) is 128 Å². The topological polar surface area (TPSA) is 237 Å². The van der Waals surface area contributed by atoms with Crippen LogP contribution in [0.25, 0.3) is 0 Å². The molecular weight excluding hydrogens is 1330 g/mol. The van der Waals surface area contributed by atoms with Crippen molar-refractivity contribution in [3.63, 3.8) is 0 Å². The Morgan fingerprint density at radius 2 is 0.480 bits per heavy atom. The number of unbranched alkanes of at least 4 members (excludes halogenated alkanes) is 49. The third-order valence-corrected chi connectivity index (χ3v) is 20.5. The van der Waals surface area contributed by atoms with E-state index in [2.05, 4.69) is 64.2 Å². The first-order chi connectivity index (χ1) is 49.7. The maximum atomic E-state index is 13.1. The summed E-state index contributed by atoms with van der Waals surface area (Å²) in [5.41, 5.74) is 0. The maximum Gasteiger partial charge on any atom is 0.472 e. The Hall–Kier alpha value is -2.72. The van der Waals surface area contributed by atoms with Gasteiger partial charge in [0.05, 0.1) is 26.4 Å². The zero-order valence-electron chi connectivity index (χ0n) is 65.8. The maximum absolute atomic E-state index is 13.1. The molecule has 0 spiro atoms. The van der Waals surface area contributed by atoms with Crippen molar-refractivity contribution in [1.82, 2.24) is 0 Å². The van der Waals surface area contributed by atoms with Crippen LogP contribution >= 0.6 is 15.6 Å². The lowest BCUT2D eigenvalue weighted by Gasteiger charge is -2.21. The van der Waals surface area contributed by atoms with Gasteiger partial charge in [0.2, 0.25) is 0 Å². The Morgan fingerprint density at radius 1 is 0.275 bits per heavy atom. The number of allylic oxidation sites excluding steroid dienone is 6. The number of hydrogen-bond donors (Lipinski definition) is 3. The lowest BCUT2D eigenvalue weighted by molar-refractivity contribution is -0.161. The smallest absolute Gasteiger partial charge is 0.462 e. The van der Waals surface area contributed by atoms with E-state index in [0.29, 0.717) is 25.7 Å². The highest BCUT2D eigenvalue weighted by Gasteiger charge is 2.30. The summed E-state index contributed by atoms with van der Waals surface area (Å²) in [4.78, 5) is 73.1. The largest absolute Gasteiger partial charge is 0.472 e. The molecule has 0 heterocycles. The molecular formula is C83H156O17P2. The Bertz CT molecular complexity index is 2070. The summed E-state index contributed by atoms with van der Waals surface area (Å²) in [5, 5.41) is 10.7. The van der Waals surface area contributed by atoms with Gasteiger partial charge in [0, 0.05) is 25.7 Å². The number of phosphoric ester groups is 2. The molecule has 0 rings (SSSR count). The molecule has 600 valence electrons. The zero-order valence-corrected chi connectivity index (χ0v) is 67.6. The van der Waals surface area contributed by atoms with Crippen molar-refractivity contribution in [1.29, 1.82) is 0 Å². The average Bonchev–Trinajstić information content (AvgIpc) is 0.926. The summed E-state index contributed by atoms with van der Waals surface area (Å²) in [5.74, 6) is -2.15. The quantitative estimate of drug-likeness (QED) is 0.0169. The second kappa shape index (κ2) is 76.5. The Balaban J connectivity index is 5.31. The van der Waals surface area contributed by atoms with E-state index >= 15 is 0 Å². The highest BCUT2D eigenvalue weighted by Crippen LogP contribution is 2.45. The van der Waals surface area contributed by atoms with Gasteiger partial charge in [-0.1, -0.05) is 340 Å². The fourth-order valence-electron chi connectivity index (χ4n) is 12.1. The Kier molecular flexibility index (Phi) is 74.4. The fourth-order valence-corrected chi connectivity index (χ4v) is 13.7. The van der Waals surface area contributed by atoms with Gasteiger partial charge in [-0.2, -0.15) is 0 Å². The molecule has 0 aliphatic heterocycles. The molecule has 0 radical (unpaired) electrons. The standard InChI is InChI=1S/C83H156O17P2/c1-5-9-13-17-21-25-29-33-37-38-42-44-48-52-56-60-64-68-81(86)94-74-79(100-83(88)70-66-62-58-54-50-46-41-36-32-28-24-20-16-12-8-4)76-98-102(91,92)96-72-77(84)71-95-101(89,90)97-75-78(99-82(87)69-65-61-57-53-49-45-40-35-31-27-23-19-15-11-7-3)73-93-80(85)67-63-59-55-51-47-43-39-34-30-26-22-18-14-10-6-2/h22,26,34,36,39,41,77-79,84H,5-21,23-25,27-33,35,37-38,40,42-76H2,1-4H3,(H,89,90)(H,91,92)/b26-22-,39-34-,41-36-/t77-,78+,79+/m0/s1. The number of carbonyl (C=O) groups is 4. The highest BCUT2D eigenvalue weighted by atomic mass is 31.2. The van der Waals surface area contributed by atoms with Crippen molar-refractivity contribution in [3.8, 4) is 0 Å². The fraction of sp³-hybridized carbons (Fsp3) is 0.880. The van der Waals surface area contributed by atoms with Crippen LogP contribution in [0.5, 0.6) is 0 Å². The summed E-state index contributed by atoms with van der Waals surface area (Å²) in [6.07, 6.45) is 73.9. The number of rotatable bonds is 81. The summed E-state index contributed by atoms with van der Waals surface area (Å²) >= 11 is 0. The molecule has 0 saturated heterocycles. The van der Waals surface area contributed by atoms with Crippen LogP contribution in [0.2, 0.25) is 0 Å². The van der Waals surface area contributed by atoms with Gasteiger partial charge in [-0.05, 0) is 83.5 Å². The molecule has 0 aromatic carbocycles. The molecule has 0 fully saturated rings. The Labute approximate surface area is 624 Å². The first kappa shape index (κ1) is 99.3. The minimum Gasteiger partial charge on any atom is -0.462 e. The van der Waals surface area contributed by atoms with Crippen LogP contribution in [-0.2, 0) is 65.4 Å². The zero-order chi connectivity index (χ0) is 74.6. The summed E-state index contributed by atoms with van der Waals surface area (Å²) in [6.45, 7) is 4.94. The van der Waals surface area contributed by atoms with E-state index in [1.807, 2.05) is 0 Å². The summed E-state index contributed by atoms with van der Waals surface area (Å²) in [7, 11) is -9.94. The normalized spacial score (nSPS) is 14.0. The van der Waals surface area contributed by atoms with Crippen molar-refractivity contribution in [2.24, 2.45) is 0 Å². The molecule has 3 N–H and O–H groups in total. The molecule has 0 bridgehead atoms.